The van der Waals surface area contributed by atoms with Gasteiger partial charge < -0.3 is 9.80 Å². The van der Waals surface area contributed by atoms with E-state index in [2.05, 4.69) is 66.4 Å². The summed E-state index contributed by atoms with van der Waals surface area (Å²) in [4.78, 5) is 5.17. The quantitative estimate of drug-likeness (QED) is 0.298. The molecule has 2 rings (SSSR count). The summed E-state index contributed by atoms with van der Waals surface area (Å²) in [7, 11) is 0. The minimum absolute atomic E-state index is 0.558. The molecule has 1 aliphatic rings. The Morgan fingerprint density at radius 1 is 0.667 bits per heavy atom. The van der Waals surface area contributed by atoms with E-state index >= 15 is 0 Å². The van der Waals surface area contributed by atoms with Crippen LogP contribution in [0.2, 0.25) is 0 Å². The van der Waals surface area contributed by atoms with Crippen LogP contribution in [0.4, 0.5) is 0 Å². The average Bonchev–Trinajstić information content (AvgIpc) is 3.07. The molecule has 0 bridgehead atoms. The van der Waals surface area contributed by atoms with Crippen molar-refractivity contribution in [1.29, 1.82) is 0 Å². The van der Waals surface area contributed by atoms with Gasteiger partial charge in [-0.3, -0.25) is 0 Å². The summed E-state index contributed by atoms with van der Waals surface area (Å²) in [5, 5.41) is 0. The van der Waals surface area contributed by atoms with Gasteiger partial charge in [0.2, 0.25) is 0 Å². The van der Waals surface area contributed by atoms with Gasteiger partial charge in [0.25, 0.3) is 0 Å². The largest absolute Gasteiger partial charge is 0.356 e. The fourth-order valence-corrected chi connectivity index (χ4v) is 4.07. The van der Waals surface area contributed by atoms with Crippen LogP contribution in [-0.4, -0.2) is 22.5 Å². The number of rotatable bonds is 15. The molecule has 1 aromatic carbocycles. The summed E-state index contributed by atoms with van der Waals surface area (Å²) in [6, 6.07) is 10.9. The van der Waals surface area contributed by atoms with Gasteiger partial charge in [-0.2, -0.15) is 0 Å². The lowest BCUT2D eigenvalue weighted by molar-refractivity contribution is 0.132. The van der Waals surface area contributed by atoms with Crippen LogP contribution in [-0.2, 0) is 6.54 Å². The van der Waals surface area contributed by atoms with E-state index in [1.54, 1.807) is 0 Å². The van der Waals surface area contributed by atoms with E-state index in [1.165, 1.54) is 89.2 Å². The third-order valence-electron chi connectivity index (χ3n) is 5.76. The Balaban J connectivity index is 1.78. The first-order valence-corrected chi connectivity index (χ1v) is 11.6. The van der Waals surface area contributed by atoms with E-state index in [4.69, 9.17) is 0 Å². The maximum Gasteiger partial charge on any atom is 0.101 e. The maximum absolute atomic E-state index is 2.61. The smallest absolute Gasteiger partial charge is 0.101 e. The fraction of sp³-hybridized carbons (Fsp3) is 0.680. The molecule has 0 aromatic heterocycles. The van der Waals surface area contributed by atoms with E-state index in [1.807, 2.05) is 0 Å². The van der Waals surface area contributed by atoms with Gasteiger partial charge in [-0.05, 0) is 24.8 Å². The minimum Gasteiger partial charge on any atom is -0.356 e. The van der Waals surface area contributed by atoms with Crippen molar-refractivity contribution in [3.63, 3.8) is 0 Å². The molecule has 1 aromatic rings. The maximum atomic E-state index is 2.61. The number of benzene rings is 1. The topological polar surface area (TPSA) is 6.48 Å². The predicted octanol–water partition coefficient (Wildman–Crippen LogP) is 7.32. The normalized spacial score (nSPS) is 16.4. The molecule has 0 N–H and O–H groups in total. The molecule has 0 aliphatic carbocycles. The zero-order valence-corrected chi connectivity index (χ0v) is 17.9. The zero-order chi connectivity index (χ0) is 19.2. The molecule has 0 amide bonds. The molecule has 2 nitrogen and oxygen atoms in total. The van der Waals surface area contributed by atoms with Crippen LogP contribution in [0.3, 0.4) is 0 Å². The Morgan fingerprint density at radius 2 is 1.26 bits per heavy atom. The molecule has 2 heteroatoms. The zero-order valence-electron chi connectivity index (χ0n) is 17.9. The molecule has 152 valence electrons. The molecule has 1 unspecified atom stereocenters. The average molecular weight is 371 g/mol. The SMILES string of the molecule is CCCCCCCCCN1C=CN(Cc2ccccc2)C1CCCCCC. The van der Waals surface area contributed by atoms with Crippen molar-refractivity contribution in [1.82, 2.24) is 9.80 Å². The van der Waals surface area contributed by atoms with Gasteiger partial charge in [-0.25, -0.2) is 0 Å². The monoisotopic (exact) mass is 370 g/mol. The standard InChI is InChI=1S/C25H42N2/c1-3-5-7-9-10-11-16-20-26-21-22-27(23-24-17-13-12-14-18-24)25(26)19-15-8-6-4-2/h12-14,17-18,21-22,25H,3-11,15-16,19-20,23H2,1-2H3. The number of hydrogen-bond acceptors (Lipinski definition) is 2. The van der Waals surface area contributed by atoms with Crippen LogP contribution >= 0.6 is 0 Å². The van der Waals surface area contributed by atoms with E-state index in [-0.39, 0.29) is 0 Å². The van der Waals surface area contributed by atoms with Gasteiger partial charge in [-0.15, -0.1) is 0 Å². The molecule has 1 aliphatic heterocycles. The lowest BCUT2D eigenvalue weighted by atomic mass is 10.1. The van der Waals surface area contributed by atoms with E-state index < -0.39 is 0 Å². The third kappa shape index (κ3) is 8.41. The second kappa shape index (κ2) is 13.7. The van der Waals surface area contributed by atoms with Crippen molar-refractivity contribution < 1.29 is 0 Å². The van der Waals surface area contributed by atoms with Crippen LogP contribution in [0, 0.1) is 0 Å². The molecule has 1 heterocycles. The van der Waals surface area contributed by atoms with Crippen LogP contribution in [0.25, 0.3) is 0 Å². The second-order valence-electron chi connectivity index (χ2n) is 8.15. The first kappa shape index (κ1) is 21.9. The number of hydrogen-bond donors (Lipinski definition) is 0. The van der Waals surface area contributed by atoms with Crippen molar-refractivity contribution >= 4 is 0 Å². The Bertz CT molecular complexity index is 496. The molecule has 1 atom stereocenters. The molecule has 0 spiro atoms. The number of unbranched alkanes of at least 4 members (excludes halogenated alkanes) is 9. The summed E-state index contributed by atoms with van der Waals surface area (Å²) in [5.41, 5.74) is 1.42. The Morgan fingerprint density at radius 3 is 1.96 bits per heavy atom. The van der Waals surface area contributed by atoms with Crippen molar-refractivity contribution in [2.24, 2.45) is 0 Å². The summed E-state index contributed by atoms with van der Waals surface area (Å²) < 4.78 is 0. The molecular formula is C25H42N2. The fourth-order valence-electron chi connectivity index (χ4n) is 4.07. The van der Waals surface area contributed by atoms with Crippen LogP contribution in [0.15, 0.2) is 42.7 Å². The van der Waals surface area contributed by atoms with Crippen LogP contribution in [0.5, 0.6) is 0 Å². The first-order valence-electron chi connectivity index (χ1n) is 11.6. The highest BCUT2D eigenvalue weighted by Gasteiger charge is 2.25. The van der Waals surface area contributed by atoms with Crippen molar-refractivity contribution in [3.05, 3.63) is 48.3 Å². The Kier molecular flexibility index (Phi) is 11.1. The third-order valence-corrected chi connectivity index (χ3v) is 5.76. The molecule has 0 fully saturated rings. The van der Waals surface area contributed by atoms with Gasteiger partial charge in [0.1, 0.15) is 6.17 Å². The van der Waals surface area contributed by atoms with E-state index in [0.717, 1.165) is 6.54 Å². The Hall–Kier alpha value is -1.44. The summed E-state index contributed by atoms with van der Waals surface area (Å²) in [6.45, 7) is 6.84. The van der Waals surface area contributed by atoms with Gasteiger partial charge in [0.05, 0.1) is 0 Å². The van der Waals surface area contributed by atoms with Gasteiger partial charge in [0.15, 0.2) is 0 Å². The van der Waals surface area contributed by atoms with Crippen LogP contribution in [0.1, 0.15) is 96.5 Å². The predicted molar refractivity (Wildman–Crippen MR) is 118 cm³/mol. The summed E-state index contributed by atoms with van der Waals surface area (Å²) in [6.07, 6.45) is 21.7. The lowest BCUT2D eigenvalue weighted by Gasteiger charge is -2.33. The second-order valence-corrected chi connectivity index (χ2v) is 8.15. The molecule has 0 radical (unpaired) electrons. The van der Waals surface area contributed by atoms with Gasteiger partial charge in [-0.1, -0.05) is 102 Å². The number of nitrogens with zero attached hydrogens (tertiary/aromatic N) is 2. The van der Waals surface area contributed by atoms with Gasteiger partial charge in [0, 0.05) is 25.5 Å². The highest BCUT2D eigenvalue weighted by molar-refractivity contribution is 5.15. The Labute approximate surface area is 168 Å². The van der Waals surface area contributed by atoms with Crippen molar-refractivity contribution in [2.45, 2.75) is 104 Å². The summed E-state index contributed by atoms with van der Waals surface area (Å²) >= 11 is 0. The minimum atomic E-state index is 0.558. The highest BCUT2D eigenvalue weighted by Crippen LogP contribution is 2.24. The van der Waals surface area contributed by atoms with Crippen molar-refractivity contribution in [2.75, 3.05) is 6.54 Å². The molecule has 0 saturated heterocycles. The van der Waals surface area contributed by atoms with Crippen LogP contribution < -0.4 is 0 Å². The molecule has 27 heavy (non-hydrogen) atoms. The first-order chi connectivity index (χ1) is 13.3. The van der Waals surface area contributed by atoms with E-state index in [9.17, 15) is 0 Å². The molecule has 0 saturated carbocycles. The van der Waals surface area contributed by atoms with E-state index in [0.29, 0.717) is 6.17 Å². The molecular weight excluding hydrogens is 328 g/mol. The summed E-state index contributed by atoms with van der Waals surface area (Å²) in [5.74, 6) is 0. The lowest BCUT2D eigenvalue weighted by Crippen LogP contribution is -2.38. The van der Waals surface area contributed by atoms with Gasteiger partial charge >= 0.3 is 0 Å². The van der Waals surface area contributed by atoms with Crippen molar-refractivity contribution in [3.8, 4) is 0 Å². The highest BCUT2D eigenvalue weighted by atomic mass is 15.4.